The molecule has 0 saturated carbocycles. The maximum Gasteiger partial charge on any atom is 0.233 e. The average Bonchev–Trinajstić information content (AvgIpc) is 3.22. The number of para-hydroxylation sites is 1. The number of carbonyl (C=O) groups is 2. The van der Waals surface area contributed by atoms with Gasteiger partial charge >= 0.3 is 0 Å². The van der Waals surface area contributed by atoms with Crippen LogP contribution in [0.15, 0.2) is 42.7 Å². The summed E-state index contributed by atoms with van der Waals surface area (Å²) in [7, 11) is 0. The lowest BCUT2D eigenvalue weighted by Crippen LogP contribution is -2.39. The molecule has 0 bridgehead atoms. The summed E-state index contributed by atoms with van der Waals surface area (Å²) in [6.45, 7) is 3.32. The highest BCUT2D eigenvalue weighted by Gasteiger charge is 2.30. The van der Waals surface area contributed by atoms with Crippen LogP contribution in [0, 0.1) is 6.92 Å². The Morgan fingerprint density at radius 2 is 2.12 bits per heavy atom. The number of aryl methyl sites for hydroxylation is 1. The fourth-order valence-corrected chi connectivity index (χ4v) is 3.12. The number of aromatic nitrogens is 2. The van der Waals surface area contributed by atoms with E-state index >= 15 is 0 Å². The van der Waals surface area contributed by atoms with Crippen LogP contribution in [-0.4, -0.2) is 39.1 Å². The van der Waals surface area contributed by atoms with Crippen molar-refractivity contribution in [2.45, 2.75) is 38.8 Å². The molecule has 6 heteroatoms. The third-order valence-corrected chi connectivity index (χ3v) is 4.39. The molecule has 1 aromatic heterocycles. The van der Waals surface area contributed by atoms with Crippen LogP contribution >= 0.6 is 0 Å². The van der Waals surface area contributed by atoms with Crippen molar-refractivity contribution >= 4 is 17.5 Å². The number of nitrogens with zero attached hydrogens (tertiary/aromatic N) is 3. The Morgan fingerprint density at radius 3 is 2.88 bits per heavy atom. The first kappa shape index (κ1) is 16.2. The van der Waals surface area contributed by atoms with Gasteiger partial charge in [0.2, 0.25) is 11.8 Å². The molecule has 3 rings (SSSR count). The monoisotopic (exact) mass is 326 g/mol. The van der Waals surface area contributed by atoms with E-state index in [1.165, 1.54) is 0 Å². The average molecular weight is 326 g/mol. The maximum atomic E-state index is 12.5. The second kappa shape index (κ2) is 7.29. The highest BCUT2D eigenvalue weighted by molar-refractivity contribution is 6.04. The van der Waals surface area contributed by atoms with Gasteiger partial charge in [-0.1, -0.05) is 18.2 Å². The van der Waals surface area contributed by atoms with E-state index < -0.39 is 0 Å². The minimum Gasteiger partial charge on any atom is -0.337 e. The van der Waals surface area contributed by atoms with E-state index in [0.29, 0.717) is 13.1 Å². The fourth-order valence-electron chi connectivity index (χ4n) is 3.12. The van der Waals surface area contributed by atoms with E-state index in [-0.39, 0.29) is 24.3 Å². The fraction of sp³-hybridized carbons (Fsp3) is 0.389. The number of hydrogen-bond acceptors (Lipinski definition) is 3. The summed E-state index contributed by atoms with van der Waals surface area (Å²) in [5, 5.41) is 7.02. The number of likely N-dealkylation sites (tertiary alicyclic amines) is 1. The van der Waals surface area contributed by atoms with Gasteiger partial charge in [-0.15, -0.1) is 0 Å². The van der Waals surface area contributed by atoms with Gasteiger partial charge in [0, 0.05) is 24.6 Å². The molecule has 0 radical (unpaired) electrons. The SMILES string of the molecule is Cc1ccccc1NC(=O)CC(=O)N1CCCC1Cn1cccn1. The zero-order chi connectivity index (χ0) is 16.9. The Labute approximate surface area is 141 Å². The summed E-state index contributed by atoms with van der Waals surface area (Å²) in [6, 6.07) is 9.54. The van der Waals surface area contributed by atoms with Crippen molar-refractivity contribution in [3.05, 3.63) is 48.3 Å². The van der Waals surface area contributed by atoms with Gasteiger partial charge in [0.15, 0.2) is 0 Å². The molecule has 2 aromatic rings. The van der Waals surface area contributed by atoms with E-state index in [0.717, 1.165) is 24.1 Å². The van der Waals surface area contributed by atoms with Crippen molar-refractivity contribution in [3.63, 3.8) is 0 Å². The third-order valence-electron chi connectivity index (χ3n) is 4.39. The summed E-state index contributed by atoms with van der Waals surface area (Å²) in [6.07, 6.45) is 5.43. The van der Waals surface area contributed by atoms with Gasteiger partial charge in [-0.05, 0) is 37.5 Å². The maximum absolute atomic E-state index is 12.5. The predicted molar refractivity (Wildman–Crippen MR) is 91.4 cm³/mol. The summed E-state index contributed by atoms with van der Waals surface area (Å²) in [5.74, 6) is -0.380. The minimum atomic E-state index is -0.265. The molecule has 1 aliphatic heterocycles. The van der Waals surface area contributed by atoms with Gasteiger partial charge in [-0.3, -0.25) is 14.3 Å². The van der Waals surface area contributed by atoms with Crippen molar-refractivity contribution < 1.29 is 9.59 Å². The number of hydrogen-bond donors (Lipinski definition) is 1. The van der Waals surface area contributed by atoms with Crippen molar-refractivity contribution in [2.24, 2.45) is 0 Å². The highest BCUT2D eigenvalue weighted by atomic mass is 16.2. The first-order chi connectivity index (χ1) is 11.6. The minimum absolute atomic E-state index is 0.115. The van der Waals surface area contributed by atoms with Crippen LogP contribution in [0.3, 0.4) is 0 Å². The normalized spacial score (nSPS) is 17.0. The molecule has 1 unspecified atom stereocenters. The molecule has 1 N–H and O–H groups in total. The van der Waals surface area contributed by atoms with E-state index in [9.17, 15) is 9.59 Å². The molecule has 2 amide bonds. The molecule has 24 heavy (non-hydrogen) atoms. The molecule has 126 valence electrons. The van der Waals surface area contributed by atoms with E-state index in [1.807, 2.05) is 53.0 Å². The second-order valence-electron chi connectivity index (χ2n) is 6.15. The van der Waals surface area contributed by atoms with E-state index in [2.05, 4.69) is 10.4 Å². The standard InChI is InChI=1S/C18H22N4O2/c1-14-6-2-3-8-16(14)20-17(23)12-18(24)22-11-4-7-15(22)13-21-10-5-9-19-21/h2-3,5-6,8-10,15H,4,7,11-13H2,1H3,(H,20,23). The van der Waals surface area contributed by atoms with Gasteiger partial charge < -0.3 is 10.2 Å². The Morgan fingerprint density at radius 1 is 1.29 bits per heavy atom. The highest BCUT2D eigenvalue weighted by Crippen LogP contribution is 2.20. The van der Waals surface area contributed by atoms with Crippen LogP contribution in [0.2, 0.25) is 0 Å². The molecule has 1 aliphatic rings. The summed E-state index contributed by atoms with van der Waals surface area (Å²) in [5.41, 5.74) is 1.74. The third kappa shape index (κ3) is 3.82. The Hall–Kier alpha value is -2.63. The molecule has 1 fully saturated rings. The van der Waals surface area contributed by atoms with E-state index in [4.69, 9.17) is 0 Å². The molecule has 2 heterocycles. The number of nitrogens with one attached hydrogen (secondary N) is 1. The van der Waals surface area contributed by atoms with Crippen LogP contribution < -0.4 is 5.32 Å². The molecular weight excluding hydrogens is 304 g/mol. The Balaban J connectivity index is 1.57. The summed E-state index contributed by atoms with van der Waals surface area (Å²) in [4.78, 5) is 26.5. The smallest absolute Gasteiger partial charge is 0.233 e. The zero-order valence-corrected chi connectivity index (χ0v) is 13.8. The van der Waals surface area contributed by atoms with E-state index in [1.54, 1.807) is 6.20 Å². The van der Waals surface area contributed by atoms with Crippen LogP contribution in [0.5, 0.6) is 0 Å². The van der Waals surface area contributed by atoms with Gasteiger partial charge in [0.25, 0.3) is 0 Å². The predicted octanol–water partition coefficient (Wildman–Crippen LogP) is 2.21. The van der Waals surface area contributed by atoms with Crippen LogP contribution in [0.1, 0.15) is 24.8 Å². The lowest BCUT2D eigenvalue weighted by Gasteiger charge is -2.24. The Bertz CT molecular complexity index is 712. The van der Waals surface area contributed by atoms with Crippen molar-refractivity contribution in [1.29, 1.82) is 0 Å². The molecular formula is C18H22N4O2. The Kier molecular flexibility index (Phi) is 4.93. The number of amides is 2. The van der Waals surface area contributed by atoms with Gasteiger partial charge in [0.05, 0.1) is 12.6 Å². The number of anilines is 1. The molecule has 0 spiro atoms. The lowest BCUT2D eigenvalue weighted by molar-refractivity contribution is -0.135. The molecule has 1 saturated heterocycles. The van der Waals surface area contributed by atoms with Crippen molar-refractivity contribution in [2.75, 3.05) is 11.9 Å². The lowest BCUT2D eigenvalue weighted by atomic mass is 10.2. The summed E-state index contributed by atoms with van der Waals surface area (Å²) < 4.78 is 1.84. The quantitative estimate of drug-likeness (QED) is 0.857. The number of carbonyl (C=O) groups excluding carboxylic acids is 2. The topological polar surface area (TPSA) is 67.2 Å². The van der Waals surface area contributed by atoms with Crippen molar-refractivity contribution in [1.82, 2.24) is 14.7 Å². The first-order valence-electron chi connectivity index (χ1n) is 8.26. The van der Waals surface area contributed by atoms with Gasteiger partial charge in [-0.2, -0.15) is 5.10 Å². The summed E-state index contributed by atoms with van der Waals surface area (Å²) >= 11 is 0. The van der Waals surface area contributed by atoms with Gasteiger partial charge in [0.1, 0.15) is 6.42 Å². The zero-order valence-electron chi connectivity index (χ0n) is 13.8. The largest absolute Gasteiger partial charge is 0.337 e. The molecule has 6 nitrogen and oxygen atoms in total. The van der Waals surface area contributed by atoms with Crippen LogP contribution in [0.25, 0.3) is 0 Å². The number of rotatable bonds is 5. The van der Waals surface area contributed by atoms with Gasteiger partial charge in [-0.25, -0.2) is 0 Å². The van der Waals surface area contributed by atoms with Crippen LogP contribution in [-0.2, 0) is 16.1 Å². The first-order valence-corrected chi connectivity index (χ1v) is 8.26. The van der Waals surface area contributed by atoms with Crippen molar-refractivity contribution in [3.8, 4) is 0 Å². The second-order valence-corrected chi connectivity index (χ2v) is 6.15. The van der Waals surface area contributed by atoms with Crippen LogP contribution in [0.4, 0.5) is 5.69 Å². The molecule has 0 aliphatic carbocycles. The molecule has 1 aromatic carbocycles. The molecule has 1 atom stereocenters. The number of benzene rings is 1.